The second-order valence-corrected chi connectivity index (χ2v) is 5.72. The number of aryl methyl sites for hydroxylation is 1. The van der Waals surface area contributed by atoms with Crippen LogP contribution in [-0.4, -0.2) is 23.3 Å². The molecule has 2 aromatic rings. The van der Waals surface area contributed by atoms with Gasteiger partial charge in [-0.25, -0.2) is 0 Å². The van der Waals surface area contributed by atoms with Crippen LogP contribution >= 0.6 is 15.9 Å². The minimum absolute atomic E-state index is 0.170. The van der Waals surface area contributed by atoms with Gasteiger partial charge in [0.15, 0.2) is 0 Å². The fraction of sp³-hybridized carbons (Fsp3) is 0.118. The van der Waals surface area contributed by atoms with Crippen molar-refractivity contribution in [3.05, 3.63) is 70.5 Å². The molecule has 5 nitrogen and oxygen atoms in total. The highest BCUT2D eigenvalue weighted by molar-refractivity contribution is 9.10. The molecule has 0 spiro atoms. The Balaban J connectivity index is 2.16. The number of nitrogens with one attached hydrogen (secondary N) is 2. The van der Waals surface area contributed by atoms with Gasteiger partial charge in [-0.1, -0.05) is 12.1 Å². The molecular weight excluding hydrogens is 358 g/mol. The van der Waals surface area contributed by atoms with Crippen LogP contribution in [0, 0.1) is 6.92 Å². The zero-order valence-electron chi connectivity index (χ0n) is 12.6. The number of hydrogen-bond donors (Lipinski definition) is 2. The van der Waals surface area contributed by atoms with E-state index in [0.29, 0.717) is 17.8 Å². The maximum Gasteiger partial charge on any atom is 0.274 e. The summed E-state index contributed by atoms with van der Waals surface area (Å²) < 4.78 is 0.783. The molecular formula is C17H16BrN3O2. The molecule has 2 amide bonds. The molecule has 1 heterocycles. The molecule has 2 rings (SSSR count). The molecule has 6 heteroatoms. The number of halogens is 1. The summed E-state index contributed by atoms with van der Waals surface area (Å²) in [6, 6.07) is 8.61. The Hall–Kier alpha value is -2.47. The van der Waals surface area contributed by atoms with E-state index < -0.39 is 0 Å². The van der Waals surface area contributed by atoms with Gasteiger partial charge in [0, 0.05) is 22.8 Å². The molecule has 0 fully saturated rings. The second-order valence-electron chi connectivity index (χ2n) is 4.87. The molecule has 0 bridgehead atoms. The van der Waals surface area contributed by atoms with Crippen molar-refractivity contribution in [3.8, 4) is 0 Å². The van der Waals surface area contributed by atoms with E-state index in [9.17, 15) is 9.59 Å². The Bertz CT molecular complexity index is 759. The van der Waals surface area contributed by atoms with Crippen LogP contribution in [0.2, 0.25) is 0 Å². The molecule has 0 atom stereocenters. The lowest BCUT2D eigenvalue weighted by Gasteiger charge is -2.08. The SMILES string of the molecule is C=CCNC(=O)c1ccnc(C(=O)Nc2ccc(C)cc2Br)c1. The van der Waals surface area contributed by atoms with Crippen molar-refractivity contribution in [3.63, 3.8) is 0 Å². The van der Waals surface area contributed by atoms with E-state index in [1.54, 1.807) is 18.2 Å². The van der Waals surface area contributed by atoms with Gasteiger partial charge >= 0.3 is 0 Å². The number of anilines is 1. The number of rotatable bonds is 5. The molecule has 2 N–H and O–H groups in total. The van der Waals surface area contributed by atoms with Gasteiger partial charge in [0.05, 0.1) is 5.69 Å². The van der Waals surface area contributed by atoms with Gasteiger partial charge in [0.2, 0.25) is 0 Å². The highest BCUT2D eigenvalue weighted by Gasteiger charge is 2.13. The van der Waals surface area contributed by atoms with Gasteiger partial charge in [-0.15, -0.1) is 6.58 Å². The molecule has 0 radical (unpaired) electrons. The van der Waals surface area contributed by atoms with E-state index in [0.717, 1.165) is 10.0 Å². The smallest absolute Gasteiger partial charge is 0.274 e. The molecule has 0 saturated carbocycles. The number of amides is 2. The fourth-order valence-electron chi connectivity index (χ4n) is 1.87. The van der Waals surface area contributed by atoms with Crippen molar-refractivity contribution in [1.29, 1.82) is 0 Å². The van der Waals surface area contributed by atoms with E-state index in [-0.39, 0.29) is 17.5 Å². The molecule has 0 aliphatic heterocycles. The standard InChI is InChI=1S/C17H16BrN3O2/c1-3-7-20-16(22)12-6-8-19-15(10-12)17(23)21-14-5-4-11(2)9-13(14)18/h3-6,8-10H,1,7H2,2H3,(H,20,22)(H,21,23). The summed E-state index contributed by atoms with van der Waals surface area (Å²) in [7, 11) is 0. The van der Waals surface area contributed by atoms with Gasteiger partial charge in [0.25, 0.3) is 11.8 Å². The molecule has 0 saturated heterocycles. The minimum Gasteiger partial charge on any atom is -0.349 e. The predicted octanol–water partition coefficient (Wildman–Crippen LogP) is 3.32. The van der Waals surface area contributed by atoms with Crippen LogP contribution in [0.15, 0.2) is 53.7 Å². The summed E-state index contributed by atoms with van der Waals surface area (Å²) in [4.78, 5) is 28.2. The van der Waals surface area contributed by atoms with Gasteiger partial charge in [0.1, 0.15) is 5.69 Å². The van der Waals surface area contributed by atoms with Crippen LogP contribution in [0.3, 0.4) is 0 Å². The molecule has 1 aromatic heterocycles. The average molecular weight is 374 g/mol. The van der Waals surface area contributed by atoms with Crippen molar-refractivity contribution >= 4 is 33.4 Å². The Morgan fingerprint density at radius 1 is 1.26 bits per heavy atom. The third-order valence-corrected chi connectivity index (χ3v) is 3.69. The lowest BCUT2D eigenvalue weighted by molar-refractivity contribution is 0.0958. The first-order chi connectivity index (χ1) is 11.0. The van der Waals surface area contributed by atoms with Gasteiger partial charge in [-0.3, -0.25) is 14.6 Å². The number of pyridine rings is 1. The Kier molecular flexibility index (Phi) is 5.65. The van der Waals surface area contributed by atoms with Crippen molar-refractivity contribution in [2.45, 2.75) is 6.92 Å². The van der Waals surface area contributed by atoms with E-state index in [1.807, 2.05) is 19.1 Å². The summed E-state index contributed by atoms with van der Waals surface area (Å²) in [6.07, 6.45) is 3.02. The van der Waals surface area contributed by atoms with Crippen molar-refractivity contribution in [2.24, 2.45) is 0 Å². The number of carbonyl (C=O) groups is 2. The average Bonchev–Trinajstić information content (AvgIpc) is 2.55. The number of hydrogen-bond acceptors (Lipinski definition) is 3. The highest BCUT2D eigenvalue weighted by atomic mass is 79.9. The summed E-state index contributed by atoms with van der Waals surface area (Å²) >= 11 is 3.41. The van der Waals surface area contributed by atoms with Crippen molar-refractivity contribution in [2.75, 3.05) is 11.9 Å². The maximum absolute atomic E-state index is 12.3. The quantitative estimate of drug-likeness (QED) is 0.789. The molecule has 0 aliphatic rings. The number of benzene rings is 1. The predicted molar refractivity (Wildman–Crippen MR) is 93.6 cm³/mol. The van der Waals surface area contributed by atoms with E-state index in [2.05, 4.69) is 38.1 Å². The largest absolute Gasteiger partial charge is 0.349 e. The number of aromatic nitrogens is 1. The minimum atomic E-state index is -0.382. The van der Waals surface area contributed by atoms with Crippen LogP contribution in [0.4, 0.5) is 5.69 Å². The Labute approximate surface area is 142 Å². The lowest BCUT2D eigenvalue weighted by Crippen LogP contribution is -2.24. The fourth-order valence-corrected chi connectivity index (χ4v) is 2.46. The third-order valence-electron chi connectivity index (χ3n) is 3.03. The van der Waals surface area contributed by atoms with Crippen LogP contribution < -0.4 is 10.6 Å². The first kappa shape index (κ1) is 16.9. The zero-order chi connectivity index (χ0) is 16.8. The molecule has 0 unspecified atom stereocenters. The highest BCUT2D eigenvalue weighted by Crippen LogP contribution is 2.23. The van der Waals surface area contributed by atoms with Crippen molar-refractivity contribution < 1.29 is 9.59 Å². The summed E-state index contributed by atoms with van der Waals surface area (Å²) in [5.41, 5.74) is 2.26. The third kappa shape index (κ3) is 4.50. The summed E-state index contributed by atoms with van der Waals surface area (Å²) in [6.45, 7) is 5.86. The second kappa shape index (κ2) is 7.69. The first-order valence-electron chi connectivity index (χ1n) is 6.94. The molecule has 23 heavy (non-hydrogen) atoms. The maximum atomic E-state index is 12.3. The monoisotopic (exact) mass is 373 g/mol. The van der Waals surface area contributed by atoms with Crippen LogP contribution in [0.25, 0.3) is 0 Å². The topological polar surface area (TPSA) is 71.1 Å². The van der Waals surface area contributed by atoms with E-state index in [1.165, 1.54) is 12.3 Å². The lowest BCUT2D eigenvalue weighted by atomic mass is 10.2. The molecule has 118 valence electrons. The van der Waals surface area contributed by atoms with Crippen LogP contribution in [-0.2, 0) is 0 Å². The molecule has 1 aromatic carbocycles. The normalized spacial score (nSPS) is 10.0. The van der Waals surface area contributed by atoms with E-state index >= 15 is 0 Å². The van der Waals surface area contributed by atoms with Crippen LogP contribution in [0.5, 0.6) is 0 Å². The summed E-state index contributed by atoms with van der Waals surface area (Å²) in [5.74, 6) is -0.661. The van der Waals surface area contributed by atoms with Crippen LogP contribution in [0.1, 0.15) is 26.4 Å². The Morgan fingerprint density at radius 2 is 2.04 bits per heavy atom. The first-order valence-corrected chi connectivity index (χ1v) is 7.73. The number of carbonyl (C=O) groups excluding carboxylic acids is 2. The van der Waals surface area contributed by atoms with Gasteiger partial charge in [-0.2, -0.15) is 0 Å². The van der Waals surface area contributed by atoms with Gasteiger partial charge in [-0.05, 0) is 52.7 Å². The van der Waals surface area contributed by atoms with Crippen molar-refractivity contribution in [1.82, 2.24) is 10.3 Å². The van der Waals surface area contributed by atoms with Gasteiger partial charge < -0.3 is 10.6 Å². The zero-order valence-corrected chi connectivity index (χ0v) is 14.2. The molecule has 0 aliphatic carbocycles. The summed E-state index contributed by atoms with van der Waals surface area (Å²) in [5, 5.41) is 5.42. The number of nitrogens with zero attached hydrogens (tertiary/aromatic N) is 1. The Morgan fingerprint density at radius 3 is 2.74 bits per heavy atom. The van der Waals surface area contributed by atoms with E-state index in [4.69, 9.17) is 0 Å².